The summed E-state index contributed by atoms with van der Waals surface area (Å²) in [7, 11) is 0. The van der Waals surface area contributed by atoms with Gasteiger partial charge >= 0.3 is 0 Å². The van der Waals surface area contributed by atoms with Gasteiger partial charge in [-0.1, -0.05) is 42.0 Å². The molecular weight excluding hydrogens is 274 g/mol. The van der Waals surface area contributed by atoms with Gasteiger partial charge in [0.25, 0.3) is 5.91 Å². The van der Waals surface area contributed by atoms with E-state index in [4.69, 9.17) is 5.73 Å². The highest BCUT2D eigenvalue weighted by Crippen LogP contribution is 2.44. The quantitative estimate of drug-likeness (QED) is 0.638. The van der Waals surface area contributed by atoms with Crippen LogP contribution in [-0.4, -0.2) is 11.7 Å². The molecule has 3 aliphatic rings. The summed E-state index contributed by atoms with van der Waals surface area (Å²) in [6.07, 6.45) is 7.74. The van der Waals surface area contributed by atoms with Gasteiger partial charge in [-0.2, -0.15) is 0 Å². The number of fused-ring (bicyclic) bond motifs is 3. The lowest BCUT2D eigenvalue weighted by molar-refractivity contribution is -0.124. The number of nitrogens with two attached hydrogens (primary N) is 1. The van der Waals surface area contributed by atoms with Crippen LogP contribution < -0.4 is 5.73 Å². The Kier molecular flexibility index (Phi) is 3.03. The normalized spacial score (nSPS) is 29.6. The lowest BCUT2D eigenvalue weighted by Crippen LogP contribution is -2.38. The Bertz CT molecular complexity index is 729. The molecule has 0 fully saturated rings. The fourth-order valence-corrected chi connectivity index (χ4v) is 4.30. The van der Waals surface area contributed by atoms with Crippen molar-refractivity contribution in [3.63, 3.8) is 0 Å². The third kappa shape index (κ3) is 2.04. The zero-order valence-electron chi connectivity index (χ0n) is 12.4. The van der Waals surface area contributed by atoms with Crippen LogP contribution in [0.2, 0.25) is 0 Å². The molecule has 4 rings (SSSR count). The third-order valence-electron chi connectivity index (χ3n) is 5.45. The highest BCUT2D eigenvalue weighted by molar-refractivity contribution is 6.20. The van der Waals surface area contributed by atoms with Crippen molar-refractivity contribution in [2.75, 3.05) is 0 Å². The number of allylic oxidation sites excluding steroid dienone is 3. The zero-order chi connectivity index (χ0) is 15.3. The van der Waals surface area contributed by atoms with Gasteiger partial charge in [0.2, 0.25) is 0 Å². The van der Waals surface area contributed by atoms with Gasteiger partial charge in [0.1, 0.15) is 0 Å². The molecule has 0 aliphatic heterocycles. The molecule has 2 N–H and O–H groups in total. The summed E-state index contributed by atoms with van der Waals surface area (Å²) in [4.78, 5) is 23.9. The van der Waals surface area contributed by atoms with Crippen molar-refractivity contribution >= 4 is 11.7 Å². The second-order valence-corrected chi connectivity index (χ2v) is 6.69. The average Bonchev–Trinajstić information content (AvgIpc) is 2.51. The number of hydrogen-bond donors (Lipinski definition) is 1. The van der Waals surface area contributed by atoms with E-state index in [1.165, 1.54) is 16.7 Å². The first kappa shape index (κ1) is 13.5. The topological polar surface area (TPSA) is 60.2 Å². The van der Waals surface area contributed by atoms with Gasteiger partial charge in [0.15, 0.2) is 5.78 Å². The molecule has 3 atom stereocenters. The van der Waals surface area contributed by atoms with Crippen molar-refractivity contribution < 1.29 is 9.59 Å². The van der Waals surface area contributed by atoms with E-state index in [1.54, 1.807) is 6.08 Å². The van der Waals surface area contributed by atoms with Crippen molar-refractivity contribution in [3.8, 4) is 0 Å². The predicted molar refractivity (Wildman–Crippen MR) is 83.9 cm³/mol. The van der Waals surface area contributed by atoms with Crippen LogP contribution in [-0.2, 0) is 22.4 Å². The first-order chi connectivity index (χ1) is 10.6. The van der Waals surface area contributed by atoms with Crippen LogP contribution in [0.1, 0.15) is 24.0 Å². The first-order valence-electron chi connectivity index (χ1n) is 7.95. The molecular formula is C19H19NO2. The fraction of sp³-hybridized carbons (Fsp3) is 0.368. The van der Waals surface area contributed by atoms with Crippen LogP contribution in [0.3, 0.4) is 0 Å². The van der Waals surface area contributed by atoms with E-state index >= 15 is 0 Å². The van der Waals surface area contributed by atoms with Crippen molar-refractivity contribution in [3.05, 3.63) is 58.7 Å². The lowest BCUT2D eigenvalue weighted by atomic mass is 9.64. The maximum Gasteiger partial charge on any atom is 0.252 e. The largest absolute Gasteiger partial charge is 0.365 e. The molecule has 22 heavy (non-hydrogen) atoms. The van der Waals surface area contributed by atoms with Gasteiger partial charge < -0.3 is 5.73 Å². The van der Waals surface area contributed by atoms with E-state index in [2.05, 4.69) is 30.3 Å². The number of amides is 1. The molecule has 0 spiro atoms. The molecule has 1 amide bonds. The molecule has 0 aromatic heterocycles. The zero-order valence-corrected chi connectivity index (χ0v) is 12.4. The van der Waals surface area contributed by atoms with Crippen LogP contribution >= 0.6 is 0 Å². The maximum absolute atomic E-state index is 12.5. The minimum atomic E-state index is -0.585. The first-order valence-corrected chi connectivity index (χ1v) is 7.95. The molecule has 1 aromatic rings. The molecule has 3 aliphatic carbocycles. The number of rotatable bonds is 1. The number of benzene rings is 1. The molecule has 3 unspecified atom stereocenters. The molecule has 3 heteroatoms. The van der Waals surface area contributed by atoms with E-state index < -0.39 is 5.91 Å². The minimum absolute atomic E-state index is 0.0754. The van der Waals surface area contributed by atoms with Crippen LogP contribution in [0.4, 0.5) is 0 Å². The Morgan fingerprint density at radius 1 is 1.18 bits per heavy atom. The Labute approximate surface area is 129 Å². The smallest absolute Gasteiger partial charge is 0.252 e. The SMILES string of the molecule is NC(=O)C1=CCC2CC3Cc4ccccc4CC3=CC2C1=O. The number of Topliss-reactive ketones (excluding diaryl/α,β-unsaturated/α-hetero) is 1. The van der Waals surface area contributed by atoms with Gasteiger partial charge in [-0.15, -0.1) is 0 Å². The van der Waals surface area contributed by atoms with Crippen molar-refractivity contribution in [2.24, 2.45) is 23.5 Å². The summed E-state index contributed by atoms with van der Waals surface area (Å²) in [5.41, 5.74) is 9.72. The monoisotopic (exact) mass is 293 g/mol. The Balaban J connectivity index is 1.68. The number of primary amides is 1. The number of hydrogen-bond acceptors (Lipinski definition) is 2. The molecule has 3 nitrogen and oxygen atoms in total. The summed E-state index contributed by atoms with van der Waals surface area (Å²) < 4.78 is 0. The summed E-state index contributed by atoms with van der Waals surface area (Å²) in [6, 6.07) is 8.57. The molecule has 0 radical (unpaired) electrons. The van der Waals surface area contributed by atoms with E-state index in [9.17, 15) is 9.59 Å². The fourth-order valence-electron chi connectivity index (χ4n) is 4.30. The minimum Gasteiger partial charge on any atom is -0.365 e. The maximum atomic E-state index is 12.5. The van der Waals surface area contributed by atoms with Crippen LogP contribution in [0.15, 0.2) is 47.6 Å². The molecule has 0 saturated heterocycles. The van der Waals surface area contributed by atoms with Crippen LogP contribution in [0, 0.1) is 17.8 Å². The van der Waals surface area contributed by atoms with E-state index in [0.29, 0.717) is 11.8 Å². The van der Waals surface area contributed by atoms with Gasteiger partial charge in [-0.25, -0.2) is 0 Å². The summed E-state index contributed by atoms with van der Waals surface area (Å²) in [5.74, 6) is 0.0672. The molecule has 0 bridgehead atoms. The molecule has 1 aromatic carbocycles. The highest BCUT2D eigenvalue weighted by atomic mass is 16.2. The second-order valence-electron chi connectivity index (χ2n) is 6.69. The Morgan fingerprint density at radius 2 is 1.95 bits per heavy atom. The van der Waals surface area contributed by atoms with E-state index in [-0.39, 0.29) is 17.3 Å². The average molecular weight is 293 g/mol. The number of ketones is 1. The number of carbonyl (C=O) groups is 2. The van der Waals surface area contributed by atoms with E-state index in [1.807, 2.05) is 0 Å². The van der Waals surface area contributed by atoms with Gasteiger partial charge in [0, 0.05) is 5.92 Å². The van der Waals surface area contributed by atoms with Gasteiger partial charge in [-0.3, -0.25) is 9.59 Å². The molecule has 0 heterocycles. The summed E-state index contributed by atoms with van der Waals surface area (Å²) >= 11 is 0. The molecule has 0 saturated carbocycles. The van der Waals surface area contributed by atoms with Gasteiger partial charge in [0.05, 0.1) is 5.57 Å². The van der Waals surface area contributed by atoms with Crippen molar-refractivity contribution in [1.29, 1.82) is 0 Å². The standard InChI is InChI=1S/C19H19NO2/c20-19(22)16-6-5-13-9-14-7-11-3-1-2-4-12(11)8-15(14)10-17(13)18(16)21/h1-4,6,10,13-14,17H,5,7-9H2,(H2,20,22). The third-order valence-corrected chi connectivity index (χ3v) is 5.45. The van der Waals surface area contributed by atoms with Crippen LogP contribution in [0.25, 0.3) is 0 Å². The number of carbonyl (C=O) groups excluding carboxylic acids is 2. The van der Waals surface area contributed by atoms with Gasteiger partial charge in [-0.05, 0) is 48.6 Å². The second kappa shape index (κ2) is 4.94. The Morgan fingerprint density at radius 3 is 2.73 bits per heavy atom. The highest BCUT2D eigenvalue weighted by Gasteiger charge is 2.40. The summed E-state index contributed by atoms with van der Waals surface area (Å²) in [5, 5.41) is 0. The van der Waals surface area contributed by atoms with Crippen LogP contribution in [0.5, 0.6) is 0 Å². The lowest BCUT2D eigenvalue weighted by Gasteiger charge is -2.39. The van der Waals surface area contributed by atoms with E-state index in [0.717, 1.165) is 25.7 Å². The molecule has 112 valence electrons. The van der Waals surface area contributed by atoms with Crippen molar-refractivity contribution in [2.45, 2.75) is 25.7 Å². The Hall–Kier alpha value is -2.16. The van der Waals surface area contributed by atoms with Crippen molar-refractivity contribution in [1.82, 2.24) is 0 Å². The summed E-state index contributed by atoms with van der Waals surface area (Å²) in [6.45, 7) is 0. The predicted octanol–water partition coefficient (Wildman–Crippen LogP) is 2.35.